The van der Waals surface area contributed by atoms with E-state index in [9.17, 15) is 0 Å². The van der Waals surface area contributed by atoms with Gasteiger partial charge in [0.2, 0.25) is 0 Å². The van der Waals surface area contributed by atoms with Gasteiger partial charge in [0.05, 0.1) is 17.3 Å². The lowest BCUT2D eigenvalue weighted by molar-refractivity contribution is 0.0870. The summed E-state index contributed by atoms with van der Waals surface area (Å²) in [5.41, 5.74) is 3.53. The average molecular weight is 567 g/mol. The Labute approximate surface area is 252 Å². The number of aromatic amines is 1. The minimum Gasteiger partial charge on any atom is -0.364 e. The largest absolute Gasteiger partial charge is 0.364 e. The Bertz CT molecular complexity index is 1410. The molecule has 1 aromatic carbocycles. The quantitative estimate of drug-likeness (QED) is 0.232. The van der Waals surface area contributed by atoms with Gasteiger partial charge in [0.25, 0.3) is 0 Å². The van der Waals surface area contributed by atoms with Gasteiger partial charge in [-0.1, -0.05) is 42.5 Å². The van der Waals surface area contributed by atoms with Gasteiger partial charge in [0, 0.05) is 41.0 Å². The topological polar surface area (TPSA) is 56.5 Å². The van der Waals surface area contributed by atoms with Crippen LogP contribution in [0.15, 0.2) is 60.8 Å². The number of benzene rings is 1. The van der Waals surface area contributed by atoms with Gasteiger partial charge in [0.1, 0.15) is 5.60 Å². The van der Waals surface area contributed by atoms with E-state index in [0.717, 1.165) is 19.4 Å². The van der Waals surface area contributed by atoms with Crippen LogP contribution in [0.2, 0.25) is 0 Å². The second-order valence-electron chi connectivity index (χ2n) is 13.5. The number of ether oxygens (including phenoxy) is 1. The first-order valence-electron chi connectivity index (χ1n) is 17.0. The van der Waals surface area contributed by atoms with Crippen LogP contribution in [0.5, 0.6) is 0 Å². The number of aromatic nitrogens is 2. The molecule has 0 radical (unpaired) electrons. The van der Waals surface area contributed by atoms with E-state index in [2.05, 4.69) is 83.0 Å². The highest BCUT2D eigenvalue weighted by Crippen LogP contribution is 2.56. The highest BCUT2D eigenvalue weighted by atomic mass is 16.6. The van der Waals surface area contributed by atoms with Crippen molar-refractivity contribution in [3.8, 4) is 0 Å². The van der Waals surface area contributed by atoms with Gasteiger partial charge in [-0.3, -0.25) is 4.98 Å². The van der Waals surface area contributed by atoms with Gasteiger partial charge in [-0.15, -0.1) is 0 Å². The Balaban J connectivity index is 1.35. The van der Waals surface area contributed by atoms with Gasteiger partial charge < -0.3 is 19.9 Å². The number of fused-ring (bicyclic) bond motifs is 10. The van der Waals surface area contributed by atoms with Crippen LogP contribution in [-0.4, -0.2) is 58.8 Å². The summed E-state index contributed by atoms with van der Waals surface area (Å²) in [4.78, 5) is 11.9. The fourth-order valence-electron chi connectivity index (χ4n) is 8.64. The average Bonchev–Trinajstić information content (AvgIpc) is 3.60. The summed E-state index contributed by atoms with van der Waals surface area (Å²) in [6, 6.07) is 11.3. The van der Waals surface area contributed by atoms with Crippen molar-refractivity contribution in [2.45, 2.75) is 101 Å². The van der Waals surface area contributed by atoms with Crippen molar-refractivity contribution < 1.29 is 4.74 Å². The highest BCUT2D eigenvalue weighted by molar-refractivity contribution is 6.07. The number of pyridine rings is 1. The molecule has 8 rings (SSSR count). The number of epoxide rings is 1. The van der Waals surface area contributed by atoms with Crippen LogP contribution in [0.25, 0.3) is 21.8 Å². The molecule has 2 N–H and O–H groups in total. The predicted octanol–water partition coefficient (Wildman–Crippen LogP) is 7.89. The smallest absolute Gasteiger partial charge is 0.111 e. The second-order valence-corrected chi connectivity index (χ2v) is 13.5. The summed E-state index contributed by atoms with van der Waals surface area (Å²) in [5.74, 6) is 1.48. The molecule has 0 saturated carbocycles. The molecule has 0 amide bonds. The molecule has 224 valence electrons. The molecule has 5 aliphatic heterocycles. The van der Waals surface area contributed by atoms with Crippen molar-refractivity contribution in [3.05, 3.63) is 66.5 Å². The minimum atomic E-state index is -0.148. The van der Waals surface area contributed by atoms with Crippen molar-refractivity contribution in [2.75, 3.05) is 26.2 Å². The lowest BCUT2D eigenvalue weighted by Gasteiger charge is -2.42. The van der Waals surface area contributed by atoms with Crippen LogP contribution in [0, 0.1) is 11.8 Å². The van der Waals surface area contributed by atoms with Crippen LogP contribution >= 0.6 is 0 Å². The van der Waals surface area contributed by atoms with Gasteiger partial charge in [-0.05, 0) is 121 Å². The van der Waals surface area contributed by atoms with E-state index < -0.39 is 0 Å². The number of piperidine rings is 1. The molecule has 7 heterocycles. The summed E-state index contributed by atoms with van der Waals surface area (Å²) in [7, 11) is 0. The third-order valence-corrected chi connectivity index (χ3v) is 11.0. The summed E-state index contributed by atoms with van der Waals surface area (Å²) in [5, 5.41) is 6.54. The normalized spacial score (nSPS) is 35.0. The van der Waals surface area contributed by atoms with Crippen LogP contribution in [0.4, 0.5) is 0 Å². The first-order valence-corrected chi connectivity index (χ1v) is 17.0. The van der Waals surface area contributed by atoms with E-state index >= 15 is 0 Å². The Hall–Kier alpha value is -2.47. The number of allylic oxidation sites excluding steroid dienone is 4. The lowest BCUT2D eigenvalue weighted by Crippen LogP contribution is -2.47. The Morgan fingerprint density at radius 3 is 2.64 bits per heavy atom. The molecule has 5 heteroatoms. The molecule has 4 bridgehead atoms. The van der Waals surface area contributed by atoms with Crippen molar-refractivity contribution in [1.82, 2.24) is 20.2 Å². The van der Waals surface area contributed by atoms with E-state index in [0.29, 0.717) is 17.9 Å². The number of para-hydroxylation sites is 1. The molecular formula is C37H50N4O. The van der Waals surface area contributed by atoms with Crippen LogP contribution in [0.1, 0.15) is 89.2 Å². The van der Waals surface area contributed by atoms with Gasteiger partial charge in [-0.25, -0.2) is 0 Å². The number of nitrogens with zero attached hydrogens (tertiary/aromatic N) is 2. The number of hydrogen-bond donors (Lipinski definition) is 2. The van der Waals surface area contributed by atoms with Crippen molar-refractivity contribution in [2.24, 2.45) is 11.8 Å². The van der Waals surface area contributed by atoms with Crippen LogP contribution in [-0.2, 0) is 4.74 Å². The standard InChI is InChI=1S/C37H50N4O/c1-27-37-21-13-7-3-5-9-15-24-41-25-20-29(28(26-41)16-10-6-2-4-8-14-22-38-27)33(36(37)42-37)35-34-31(19-23-39-35)30-17-11-12-18-32(30)40-34/h2-3,6-7,11-12,17-19,23,27-29,33,36,38,40H,4-5,8-10,13-16,20-22,24-26H2,1H3. The molecule has 7 atom stereocenters. The third-order valence-electron chi connectivity index (χ3n) is 11.0. The Morgan fingerprint density at radius 1 is 0.881 bits per heavy atom. The van der Waals surface area contributed by atoms with E-state index in [1.807, 2.05) is 0 Å². The zero-order valence-electron chi connectivity index (χ0n) is 25.6. The summed E-state index contributed by atoms with van der Waals surface area (Å²) in [6.07, 6.45) is 25.3. The number of rotatable bonds is 1. The zero-order chi connectivity index (χ0) is 28.4. The molecule has 5 aliphatic rings. The minimum absolute atomic E-state index is 0.148. The highest BCUT2D eigenvalue weighted by Gasteiger charge is 2.64. The van der Waals surface area contributed by atoms with Crippen molar-refractivity contribution in [3.63, 3.8) is 0 Å². The zero-order valence-corrected chi connectivity index (χ0v) is 25.6. The molecule has 5 nitrogen and oxygen atoms in total. The summed E-state index contributed by atoms with van der Waals surface area (Å²) in [6.45, 7) is 7.09. The molecule has 0 spiro atoms. The maximum atomic E-state index is 7.13. The molecule has 0 aliphatic carbocycles. The van der Waals surface area contributed by atoms with E-state index in [-0.39, 0.29) is 17.6 Å². The van der Waals surface area contributed by atoms with Crippen molar-refractivity contribution >= 4 is 21.8 Å². The number of hydrogen-bond acceptors (Lipinski definition) is 4. The van der Waals surface area contributed by atoms with Gasteiger partial charge in [0.15, 0.2) is 0 Å². The fraction of sp³-hybridized carbons (Fsp3) is 0.595. The number of H-pyrrole nitrogens is 1. The molecule has 42 heavy (non-hydrogen) atoms. The Kier molecular flexibility index (Phi) is 8.52. The molecule has 2 aromatic heterocycles. The van der Waals surface area contributed by atoms with Crippen LogP contribution in [0.3, 0.4) is 0 Å². The molecule has 7 unspecified atom stereocenters. The summed E-state index contributed by atoms with van der Waals surface area (Å²) >= 11 is 0. The molecule has 3 aromatic rings. The predicted molar refractivity (Wildman–Crippen MR) is 174 cm³/mol. The van der Waals surface area contributed by atoms with E-state index in [4.69, 9.17) is 9.72 Å². The maximum absolute atomic E-state index is 7.13. The molecule has 2 saturated heterocycles. The lowest BCUT2D eigenvalue weighted by atomic mass is 9.69. The molecular weight excluding hydrogens is 516 g/mol. The molecule has 2 fully saturated rings. The number of nitrogens with one attached hydrogen (secondary N) is 2. The SMILES string of the molecule is CC1NCCCCC=CCCC2CN3CCCCC=CCCC14OC4C(c1nccc4c1[nH]c1ccccc14)C2CC3. The Morgan fingerprint density at radius 2 is 1.71 bits per heavy atom. The van der Waals surface area contributed by atoms with Gasteiger partial charge in [-0.2, -0.15) is 0 Å². The second kappa shape index (κ2) is 12.6. The first-order chi connectivity index (χ1) is 20.7. The van der Waals surface area contributed by atoms with Crippen molar-refractivity contribution in [1.29, 1.82) is 0 Å². The van der Waals surface area contributed by atoms with Crippen LogP contribution < -0.4 is 5.32 Å². The van der Waals surface area contributed by atoms with E-state index in [1.54, 1.807) is 0 Å². The first kappa shape index (κ1) is 28.3. The van der Waals surface area contributed by atoms with E-state index in [1.165, 1.54) is 105 Å². The summed E-state index contributed by atoms with van der Waals surface area (Å²) < 4.78 is 7.13. The van der Waals surface area contributed by atoms with Gasteiger partial charge >= 0.3 is 0 Å². The monoisotopic (exact) mass is 566 g/mol. The maximum Gasteiger partial charge on any atom is 0.111 e. The third kappa shape index (κ3) is 5.60. The fourth-order valence-corrected chi connectivity index (χ4v) is 8.64.